The number of aliphatic carboxylic acids is 1. The smallest absolute Gasteiger partial charge is 0.497 e. The van der Waals surface area contributed by atoms with Crippen LogP contribution in [0.1, 0.15) is 5.56 Å². The molecule has 26 heavy (non-hydrogen) atoms. The number of carboxylic acid groups (broad SMARTS) is 1. The number of hydrogen-bond acceptors (Lipinski definition) is 3. The second-order valence-electron chi connectivity index (χ2n) is 5.55. The predicted molar refractivity (Wildman–Crippen MR) is 88.3 cm³/mol. The van der Waals surface area contributed by atoms with Gasteiger partial charge in [-0.05, 0) is 35.4 Å². The molecule has 0 aliphatic carbocycles. The third-order valence-electron chi connectivity index (χ3n) is 3.82. The molecule has 0 amide bonds. The van der Waals surface area contributed by atoms with Gasteiger partial charge in [-0.2, -0.15) is 0 Å². The number of methoxy groups -OCH3 is 1. The van der Waals surface area contributed by atoms with Gasteiger partial charge < -0.3 is 19.6 Å². The summed E-state index contributed by atoms with van der Waals surface area (Å²) in [6.07, 6.45) is -3.32. The first-order chi connectivity index (χ1) is 12.3. The molecule has 0 saturated carbocycles. The summed E-state index contributed by atoms with van der Waals surface area (Å²) in [6, 6.07) is 8.86. The number of carbonyl (C=O) groups is 1. The number of nitrogens with one attached hydrogen (secondary N) is 1. The van der Waals surface area contributed by atoms with E-state index in [0.717, 1.165) is 0 Å². The summed E-state index contributed by atoms with van der Waals surface area (Å²) in [5.41, 5.74) is 2.57. The van der Waals surface area contributed by atoms with E-state index in [1.165, 1.54) is 31.4 Å². The summed E-state index contributed by atoms with van der Waals surface area (Å²) >= 11 is 0. The van der Waals surface area contributed by atoms with Crippen LogP contribution in [-0.4, -0.2) is 29.5 Å². The Kier molecular flexibility index (Phi) is 4.50. The molecule has 2 aromatic carbocycles. The van der Waals surface area contributed by atoms with Crippen LogP contribution < -0.4 is 9.47 Å². The quantitative estimate of drug-likeness (QED) is 0.704. The topological polar surface area (TPSA) is 71.5 Å². The molecular weight excluding hydrogens is 351 g/mol. The summed E-state index contributed by atoms with van der Waals surface area (Å²) < 4.78 is 46.0. The van der Waals surface area contributed by atoms with E-state index < -0.39 is 12.3 Å². The third-order valence-corrected chi connectivity index (χ3v) is 3.82. The molecule has 2 N–H and O–H groups in total. The number of aromatic nitrogens is 1. The molecule has 136 valence electrons. The average Bonchev–Trinajstić information content (AvgIpc) is 2.95. The molecule has 0 unspecified atom stereocenters. The van der Waals surface area contributed by atoms with Gasteiger partial charge in [0.1, 0.15) is 11.5 Å². The maximum atomic E-state index is 12.3. The van der Waals surface area contributed by atoms with Crippen molar-refractivity contribution in [2.24, 2.45) is 0 Å². The normalized spacial score (nSPS) is 11.5. The van der Waals surface area contributed by atoms with Gasteiger partial charge in [-0.1, -0.05) is 12.1 Å². The number of aromatic amines is 1. The molecule has 3 aromatic rings. The van der Waals surface area contributed by atoms with Gasteiger partial charge in [0, 0.05) is 17.1 Å². The van der Waals surface area contributed by atoms with Crippen LogP contribution >= 0.6 is 0 Å². The Hall–Kier alpha value is -3.16. The molecule has 0 spiro atoms. The highest BCUT2D eigenvalue weighted by Gasteiger charge is 2.31. The fourth-order valence-electron chi connectivity index (χ4n) is 2.75. The van der Waals surface area contributed by atoms with Gasteiger partial charge in [0.05, 0.1) is 19.0 Å². The number of halogens is 3. The Morgan fingerprint density at radius 2 is 1.85 bits per heavy atom. The lowest BCUT2D eigenvalue weighted by Gasteiger charge is -2.11. The van der Waals surface area contributed by atoms with Crippen molar-refractivity contribution in [3.63, 3.8) is 0 Å². The minimum absolute atomic E-state index is 0.162. The van der Waals surface area contributed by atoms with Crippen molar-refractivity contribution in [2.45, 2.75) is 12.8 Å². The number of rotatable bonds is 5. The Bertz CT molecular complexity index is 945. The summed E-state index contributed by atoms with van der Waals surface area (Å²) in [7, 11) is 1.48. The largest absolute Gasteiger partial charge is 0.573 e. The van der Waals surface area contributed by atoms with Gasteiger partial charge in [-0.15, -0.1) is 13.2 Å². The molecule has 0 aliphatic rings. The molecule has 1 aromatic heterocycles. The van der Waals surface area contributed by atoms with Crippen molar-refractivity contribution in [1.82, 2.24) is 4.98 Å². The Morgan fingerprint density at radius 3 is 2.42 bits per heavy atom. The highest BCUT2D eigenvalue weighted by molar-refractivity contribution is 5.98. The van der Waals surface area contributed by atoms with E-state index in [1.54, 1.807) is 18.3 Å². The number of hydrogen-bond donors (Lipinski definition) is 2. The molecule has 8 heteroatoms. The molecule has 0 fully saturated rings. The van der Waals surface area contributed by atoms with E-state index in [4.69, 9.17) is 9.84 Å². The predicted octanol–water partition coefficient (Wildman–Crippen LogP) is 4.37. The zero-order chi connectivity index (χ0) is 18.9. The zero-order valence-electron chi connectivity index (χ0n) is 13.6. The Labute approximate surface area is 146 Å². The minimum atomic E-state index is -4.75. The van der Waals surface area contributed by atoms with Crippen LogP contribution in [0, 0.1) is 0 Å². The molecule has 0 saturated heterocycles. The summed E-state index contributed by atoms with van der Waals surface area (Å²) in [5.74, 6) is -0.781. The van der Waals surface area contributed by atoms with E-state index in [0.29, 0.717) is 33.3 Å². The van der Waals surface area contributed by atoms with Crippen molar-refractivity contribution < 1.29 is 32.5 Å². The first kappa shape index (κ1) is 17.7. The van der Waals surface area contributed by atoms with E-state index in [1.807, 2.05) is 0 Å². The maximum absolute atomic E-state index is 12.3. The third kappa shape index (κ3) is 3.74. The van der Waals surface area contributed by atoms with Gasteiger partial charge in [0.25, 0.3) is 0 Å². The van der Waals surface area contributed by atoms with Gasteiger partial charge in [0.15, 0.2) is 0 Å². The zero-order valence-corrected chi connectivity index (χ0v) is 13.6. The lowest BCUT2D eigenvalue weighted by molar-refractivity contribution is -0.274. The van der Waals surface area contributed by atoms with Gasteiger partial charge in [-0.25, -0.2) is 0 Å². The number of carboxylic acids is 1. The molecular formula is C18H14F3NO4. The second-order valence-corrected chi connectivity index (χ2v) is 5.55. The summed E-state index contributed by atoms with van der Waals surface area (Å²) in [4.78, 5) is 14.1. The number of ether oxygens (including phenoxy) is 2. The van der Waals surface area contributed by atoms with E-state index >= 15 is 0 Å². The molecule has 0 aliphatic heterocycles. The van der Waals surface area contributed by atoms with E-state index in [9.17, 15) is 18.0 Å². The number of fused-ring (bicyclic) bond motifs is 1. The number of H-pyrrole nitrogens is 1. The fraction of sp³-hybridized carbons (Fsp3) is 0.167. The van der Waals surface area contributed by atoms with Crippen LogP contribution in [0.25, 0.3) is 22.0 Å². The highest BCUT2D eigenvalue weighted by Crippen LogP contribution is 2.35. The average molecular weight is 365 g/mol. The monoisotopic (exact) mass is 365 g/mol. The first-order valence-corrected chi connectivity index (χ1v) is 7.53. The molecule has 0 bridgehead atoms. The van der Waals surface area contributed by atoms with Crippen LogP contribution in [0.5, 0.6) is 11.5 Å². The van der Waals surface area contributed by atoms with Crippen molar-refractivity contribution >= 4 is 16.9 Å². The fourth-order valence-corrected chi connectivity index (χ4v) is 2.75. The van der Waals surface area contributed by atoms with Crippen LogP contribution in [0.2, 0.25) is 0 Å². The first-order valence-electron chi connectivity index (χ1n) is 7.53. The summed E-state index contributed by atoms with van der Waals surface area (Å²) in [5, 5.41) is 9.71. The minimum Gasteiger partial charge on any atom is -0.497 e. The van der Waals surface area contributed by atoms with Crippen LogP contribution in [0.4, 0.5) is 13.2 Å². The molecule has 1 heterocycles. The van der Waals surface area contributed by atoms with Crippen LogP contribution in [0.3, 0.4) is 0 Å². The van der Waals surface area contributed by atoms with Crippen LogP contribution in [-0.2, 0) is 11.2 Å². The van der Waals surface area contributed by atoms with Gasteiger partial charge in [-0.3, -0.25) is 4.79 Å². The second kappa shape index (κ2) is 6.62. The van der Waals surface area contributed by atoms with Crippen molar-refractivity contribution in [3.8, 4) is 22.6 Å². The highest BCUT2D eigenvalue weighted by atomic mass is 19.4. The van der Waals surface area contributed by atoms with Gasteiger partial charge >= 0.3 is 12.3 Å². The van der Waals surface area contributed by atoms with Crippen molar-refractivity contribution in [3.05, 3.63) is 48.2 Å². The lowest BCUT2D eigenvalue weighted by Crippen LogP contribution is -2.16. The van der Waals surface area contributed by atoms with E-state index in [2.05, 4.69) is 9.72 Å². The van der Waals surface area contributed by atoms with Crippen LogP contribution in [0.15, 0.2) is 42.6 Å². The lowest BCUT2D eigenvalue weighted by atomic mass is 10.0. The number of benzene rings is 2. The van der Waals surface area contributed by atoms with E-state index in [-0.39, 0.29) is 12.2 Å². The summed E-state index contributed by atoms with van der Waals surface area (Å²) in [6.45, 7) is 0. The molecule has 0 atom stereocenters. The Balaban J connectivity index is 2.06. The van der Waals surface area contributed by atoms with Crippen molar-refractivity contribution in [1.29, 1.82) is 0 Å². The van der Waals surface area contributed by atoms with Gasteiger partial charge in [0.2, 0.25) is 0 Å². The number of alkyl halides is 3. The standard InChI is InChI=1S/C18H14F3NO4/c1-25-13-7-14(10-2-4-12(5-3-10)26-18(19,20)21)17-15(8-13)11(9-22-17)6-16(23)24/h2-5,7-9,22H,6H2,1H3,(H,23,24). The molecule has 0 radical (unpaired) electrons. The molecule has 3 rings (SSSR count). The van der Waals surface area contributed by atoms with Crippen molar-refractivity contribution in [2.75, 3.05) is 7.11 Å². The molecule has 5 nitrogen and oxygen atoms in total. The maximum Gasteiger partial charge on any atom is 0.573 e. The Morgan fingerprint density at radius 1 is 1.15 bits per heavy atom. The SMILES string of the molecule is COc1cc(-c2ccc(OC(F)(F)F)cc2)c2[nH]cc(CC(=O)O)c2c1.